The molecule has 0 aliphatic rings. The van der Waals surface area contributed by atoms with Crippen LogP contribution in [0.25, 0.3) is 21.8 Å². The van der Waals surface area contributed by atoms with Gasteiger partial charge in [-0.05, 0) is 32.9 Å². The van der Waals surface area contributed by atoms with Crippen molar-refractivity contribution in [2.24, 2.45) is 0 Å². The van der Waals surface area contributed by atoms with Crippen LogP contribution in [0.1, 0.15) is 0 Å². The normalized spacial score (nSPS) is 11.8. The number of fused-ring (bicyclic) bond motifs is 3. The van der Waals surface area contributed by atoms with Gasteiger partial charge in [0.1, 0.15) is 0 Å². The van der Waals surface area contributed by atoms with E-state index < -0.39 is 8.07 Å². The number of benzene rings is 5. The van der Waals surface area contributed by atoms with Crippen LogP contribution in [0.2, 0.25) is 0 Å². The molecule has 1 aromatic heterocycles. The maximum atomic E-state index is 3.67. The van der Waals surface area contributed by atoms with E-state index in [2.05, 4.69) is 138 Å². The Bertz CT molecular complexity index is 1410. The largest absolute Gasteiger partial charge is 0.355 e. The van der Waals surface area contributed by atoms with Crippen LogP contribution in [0.5, 0.6) is 0 Å². The minimum Gasteiger partial charge on any atom is -0.355 e. The van der Waals surface area contributed by atoms with Crippen molar-refractivity contribution in [1.29, 1.82) is 0 Å². The Labute approximate surface area is 189 Å². The molecule has 0 unspecified atom stereocenters. The zero-order valence-corrected chi connectivity index (χ0v) is 18.7. The minimum absolute atomic E-state index is 1.19. The van der Waals surface area contributed by atoms with Gasteiger partial charge >= 0.3 is 0 Å². The highest BCUT2D eigenvalue weighted by molar-refractivity contribution is 7.20. The molecule has 1 heterocycles. The molecule has 1 nitrogen and oxygen atoms in total. The van der Waals surface area contributed by atoms with Crippen LogP contribution >= 0.6 is 0 Å². The molecule has 0 aliphatic carbocycles. The average molecular weight is 426 g/mol. The number of hydrogen-bond acceptors (Lipinski definition) is 0. The van der Waals surface area contributed by atoms with Gasteiger partial charge in [0, 0.05) is 21.8 Å². The van der Waals surface area contributed by atoms with Gasteiger partial charge in [0.25, 0.3) is 0 Å². The molecule has 0 spiro atoms. The van der Waals surface area contributed by atoms with Crippen molar-refractivity contribution in [3.8, 4) is 0 Å². The van der Waals surface area contributed by atoms with Gasteiger partial charge in [-0.2, -0.15) is 0 Å². The topological polar surface area (TPSA) is 15.8 Å². The third-order valence-electron chi connectivity index (χ3n) is 6.55. The van der Waals surface area contributed by atoms with Crippen molar-refractivity contribution in [2.75, 3.05) is 0 Å². The highest BCUT2D eigenvalue weighted by atomic mass is 28.3. The van der Waals surface area contributed by atoms with E-state index in [4.69, 9.17) is 0 Å². The minimum atomic E-state index is -2.57. The Morgan fingerprint density at radius 2 is 0.875 bits per heavy atom. The molecule has 0 amide bonds. The number of H-pyrrole nitrogens is 1. The summed E-state index contributed by atoms with van der Waals surface area (Å²) in [7, 11) is -2.57. The average Bonchev–Trinajstić information content (AvgIpc) is 3.26. The smallest absolute Gasteiger partial charge is 0.180 e. The quantitative estimate of drug-likeness (QED) is 0.311. The van der Waals surface area contributed by atoms with Crippen LogP contribution in [-0.2, 0) is 0 Å². The monoisotopic (exact) mass is 425 g/mol. The van der Waals surface area contributed by atoms with E-state index >= 15 is 0 Å². The number of aromatic nitrogens is 1. The van der Waals surface area contributed by atoms with Crippen LogP contribution < -0.4 is 20.7 Å². The molecular weight excluding hydrogens is 402 g/mol. The van der Waals surface area contributed by atoms with Gasteiger partial charge in [-0.1, -0.05) is 121 Å². The summed E-state index contributed by atoms with van der Waals surface area (Å²) in [5.41, 5.74) is 2.38. The molecule has 0 aliphatic heterocycles. The first-order chi connectivity index (χ1) is 15.9. The Hall–Kier alpha value is -3.88. The van der Waals surface area contributed by atoms with Gasteiger partial charge < -0.3 is 4.98 Å². The number of hydrogen-bond donors (Lipinski definition) is 1. The number of para-hydroxylation sites is 1. The third kappa shape index (κ3) is 2.77. The number of rotatable bonds is 4. The first kappa shape index (κ1) is 18.9. The fourth-order valence-corrected chi connectivity index (χ4v) is 10.2. The molecule has 0 atom stereocenters. The molecule has 152 valence electrons. The van der Waals surface area contributed by atoms with E-state index in [0.29, 0.717) is 0 Å². The van der Waals surface area contributed by atoms with E-state index in [1.807, 2.05) is 0 Å². The Morgan fingerprint density at radius 1 is 0.406 bits per heavy atom. The van der Waals surface area contributed by atoms with E-state index in [9.17, 15) is 0 Å². The first-order valence-corrected chi connectivity index (χ1v) is 13.1. The lowest BCUT2D eigenvalue weighted by Gasteiger charge is -2.35. The number of nitrogens with one attached hydrogen (secondary N) is 1. The maximum absolute atomic E-state index is 3.67. The summed E-state index contributed by atoms with van der Waals surface area (Å²) in [6, 6.07) is 48.8. The van der Waals surface area contributed by atoms with Crippen LogP contribution in [0.4, 0.5) is 0 Å². The fourth-order valence-electron chi connectivity index (χ4n) is 5.25. The molecule has 32 heavy (non-hydrogen) atoms. The maximum Gasteiger partial charge on any atom is 0.180 e. The number of aromatic amines is 1. The summed E-state index contributed by atoms with van der Waals surface area (Å²) in [5.74, 6) is 0. The molecule has 0 bridgehead atoms. The predicted molar refractivity (Wildman–Crippen MR) is 139 cm³/mol. The summed E-state index contributed by atoms with van der Waals surface area (Å²) in [4.78, 5) is 3.67. The highest BCUT2D eigenvalue weighted by Crippen LogP contribution is 2.26. The molecule has 5 aromatic carbocycles. The summed E-state index contributed by atoms with van der Waals surface area (Å²) in [6.45, 7) is 0. The van der Waals surface area contributed by atoms with Crippen molar-refractivity contribution in [3.63, 3.8) is 0 Å². The van der Waals surface area contributed by atoms with Crippen LogP contribution in [0, 0.1) is 0 Å². The predicted octanol–water partition coefficient (Wildman–Crippen LogP) is 4.70. The second-order valence-electron chi connectivity index (χ2n) is 8.25. The van der Waals surface area contributed by atoms with Gasteiger partial charge in [-0.25, -0.2) is 0 Å². The summed E-state index contributed by atoms with van der Waals surface area (Å²) in [6.07, 6.45) is 0. The Kier molecular flexibility index (Phi) is 4.52. The van der Waals surface area contributed by atoms with Crippen LogP contribution in [0.3, 0.4) is 0 Å². The molecule has 6 rings (SSSR count). The molecule has 0 saturated heterocycles. The second-order valence-corrected chi connectivity index (χ2v) is 12.0. The van der Waals surface area contributed by atoms with E-state index in [1.165, 1.54) is 42.6 Å². The van der Waals surface area contributed by atoms with Crippen molar-refractivity contribution >= 4 is 50.6 Å². The van der Waals surface area contributed by atoms with Gasteiger partial charge in [-0.15, -0.1) is 0 Å². The van der Waals surface area contributed by atoms with Crippen molar-refractivity contribution in [1.82, 2.24) is 4.98 Å². The van der Waals surface area contributed by atoms with Crippen LogP contribution in [-0.4, -0.2) is 13.1 Å². The highest BCUT2D eigenvalue weighted by Gasteiger charge is 2.42. The molecule has 0 fully saturated rings. The molecule has 1 N–H and O–H groups in total. The summed E-state index contributed by atoms with van der Waals surface area (Å²) >= 11 is 0. The Morgan fingerprint density at radius 3 is 1.44 bits per heavy atom. The third-order valence-corrected chi connectivity index (χ3v) is 11.4. The van der Waals surface area contributed by atoms with Crippen molar-refractivity contribution in [2.45, 2.75) is 0 Å². The molecular formula is C30H23NSi. The zero-order chi connectivity index (χ0) is 21.4. The second kappa shape index (κ2) is 7.67. The molecule has 0 saturated carbocycles. The first-order valence-electron chi connectivity index (χ1n) is 11.1. The summed E-state index contributed by atoms with van der Waals surface area (Å²) in [5, 5.41) is 8.25. The summed E-state index contributed by atoms with van der Waals surface area (Å²) < 4.78 is 0. The van der Waals surface area contributed by atoms with E-state index in [0.717, 1.165) is 0 Å². The van der Waals surface area contributed by atoms with Gasteiger partial charge in [-0.3, -0.25) is 0 Å². The fraction of sp³-hybridized carbons (Fsp3) is 0. The molecule has 2 heteroatoms. The standard InChI is InChI=1S/C30H23NSi/c1-4-13-23(14-5-1)32(24-15-6-2-7-16-24,25-17-8-3-9-18-25)29-22-12-21-28-30(29)26-19-10-11-20-27(26)31-28/h1-22,31H. The lowest BCUT2D eigenvalue weighted by Crippen LogP contribution is -2.74. The van der Waals surface area contributed by atoms with Gasteiger partial charge in [0.2, 0.25) is 0 Å². The lowest BCUT2D eigenvalue weighted by atomic mass is 10.1. The Balaban J connectivity index is 1.85. The zero-order valence-electron chi connectivity index (χ0n) is 17.7. The lowest BCUT2D eigenvalue weighted by molar-refractivity contribution is 1.55. The van der Waals surface area contributed by atoms with Crippen LogP contribution in [0.15, 0.2) is 133 Å². The van der Waals surface area contributed by atoms with Gasteiger partial charge in [0.05, 0.1) is 0 Å². The SMILES string of the molecule is c1ccc([Si](c2ccccc2)(c2ccccc2)c2cccc3[nH]c4ccccc4c23)cc1. The van der Waals surface area contributed by atoms with E-state index in [1.54, 1.807) is 0 Å². The molecule has 6 aromatic rings. The van der Waals surface area contributed by atoms with Crippen molar-refractivity contribution < 1.29 is 0 Å². The van der Waals surface area contributed by atoms with Gasteiger partial charge in [0.15, 0.2) is 8.07 Å². The van der Waals surface area contributed by atoms with Crippen molar-refractivity contribution in [3.05, 3.63) is 133 Å². The molecule has 0 radical (unpaired) electrons. The van der Waals surface area contributed by atoms with E-state index in [-0.39, 0.29) is 0 Å².